The third kappa shape index (κ3) is 2.58. The van der Waals surface area contributed by atoms with Crippen LogP contribution in [0.3, 0.4) is 0 Å². The number of alkyl halides is 1. The van der Waals surface area contributed by atoms with Gasteiger partial charge in [-0.3, -0.25) is 4.79 Å². The molecule has 3 nitrogen and oxygen atoms in total. The van der Waals surface area contributed by atoms with Gasteiger partial charge in [0.05, 0.1) is 10.4 Å². The minimum atomic E-state index is -0.258. The van der Waals surface area contributed by atoms with Crippen molar-refractivity contribution < 1.29 is 4.79 Å². The molecule has 80 valence electrons. The first-order chi connectivity index (χ1) is 6.97. The predicted molar refractivity (Wildman–Crippen MR) is 65.5 cm³/mol. The summed E-state index contributed by atoms with van der Waals surface area (Å²) in [6, 6.07) is 2.11. The zero-order valence-corrected chi connectivity index (χ0v) is 11.1. The minimum Gasteiger partial charge on any atom is -0.316 e. The molecule has 1 N–H and O–H groups in total. The molecule has 0 unspecified atom stereocenters. The molecular weight excluding hydrogens is 276 g/mol. The van der Waals surface area contributed by atoms with E-state index in [1.165, 1.54) is 11.3 Å². The molecule has 0 radical (unpaired) electrons. The standard InChI is InChI=1S/C10H11BrN2OS/c1-5-7(3)15-10(8(5)4-12)13-9(14)6(2)11/h6H,1-3H3,(H,13,14)/t6-/m1/s1. The fraction of sp³-hybridized carbons (Fsp3) is 0.400. The van der Waals surface area contributed by atoms with Crippen LogP contribution in [-0.4, -0.2) is 10.7 Å². The summed E-state index contributed by atoms with van der Waals surface area (Å²) in [5, 5.41) is 12.3. The van der Waals surface area contributed by atoms with Crippen LogP contribution >= 0.6 is 27.3 Å². The SMILES string of the molecule is Cc1sc(NC(=O)[C@@H](C)Br)c(C#N)c1C. The van der Waals surface area contributed by atoms with Gasteiger partial charge in [0.25, 0.3) is 0 Å². The van der Waals surface area contributed by atoms with Crippen LogP contribution in [0.2, 0.25) is 0 Å². The molecule has 0 aromatic carbocycles. The third-order valence-electron chi connectivity index (χ3n) is 2.10. The quantitative estimate of drug-likeness (QED) is 0.850. The largest absolute Gasteiger partial charge is 0.316 e. The molecule has 0 aliphatic heterocycles. The molecule has 1 aromatic rings. The summed E-state index contributed by atoms with van der Waals surface area (Å²) in [5.74, 6) is -0.132. The molecule has 1 amide bonds. The number of amides is 1. The third-order valence-corrected chi connectivity index (χ3v) is 3.63. The number of thiophene rings is 1. The highest BCUT2D eigenvalue weighted by atomic mass is 79.9. The Morgan fingerprint density at radius 2 is 2.20 bits per heavy atom. The van der Waals surface area contributed by atoms with Gasteiger partial charge in [-0.15, -0.1) is 11.3 Å². The van der Waals surface area contributed by atoms with Crippen molar-refractivity contribution >= 4 is 38.2 Å². The lowest BCUT2D eigenvalue weighted by atomic mass is 10.2. The van der Waals surface area contributed by atoms with Crippen molar-refractivity contribution in [3.63, 3.8) is 0 Å². The van der Waals surface area contributed by atoms with E-state index in [0.717, 1.165) is 10.4 Å². The number of anilines is 1. The van der Waals surface area contributed by atoms with Gasteiger partial charge in [-0.05, 0) is 26.3 Å². The Morgan fingerprint density at radius 1 is 1.60 bits per heavy atom. The van der Waals surface area contributed by atoms with E-state index in [0.29, 0.717) is 10.6 Å². The summed E-state index contributed by atoms with van der Waals surface area (Å²) in [4.78, 5) is 12.2. The van der Waals surface area contributed by atoms with Crippen LogP contribution in [-0.2, 0) is 4.79 Å². The number of rotatable bonds is 2. The van der Waals surface area contributed by atoms with Gasteiger partial charge in [-0.2, -0.15) is 5.26 Å². The number of hydrogen-bond acceptors (Lipinski definition) is 3. The normalized spacial score (nSPS) is 11.9. The predicted octanol–water partition coefficient (Wildman–Crippen LogP) is 2.96. The zero-order valence-electron chi connectivity index (χ0n) is 8.72. The molecule has 0 fully saturated rings. The van der Waals surface area contributed by atoms with E-state index in [1.807, 2.05) is 13.8 Å². The minimum absolute atomic E-state index is 0.132. The number of aryl methyl sites for hydroxylation is 1. The van der Waals surface area contributed by atoms with Crippen molar-refractivity contribution in [3.8, 4) is 6.07 Å². The fourth-order valence-corrected chi connectivity index (χ4v) is 2.19. The second-order valence-electron chi connectivity index (χ2n) is 3.20. The Balaban J connectivity index is 3.02. The maximum absolute atomic E-state index is 11.4. The van der Waals surface area contributed by atoms with Crippen LogP contribution < -0.4 is 5.32 Å². The number of carbonyl (C=O) groups is 1. The average Bonchev–Trinajstić information content (AvgIpc) is 2.42. The van der Waals surface area contributed by atoms with Crippen LogP contribution in [0.25, 0.3) is 0 Å². The molecule has 15 heavy (non-hydrogen) atoms. The highest BCUT2D eigenvalue weighted by molar-refractivity contribution is 9.10. The van der Waals surface area contributed by atoms with Crippen LogP contribution in [0.5, 0.6) is 0 Å². The smallest absolute Gasteiger partial charge is 0.238 e. The van der Waals surface area contributed by atoms with Crippen molar-refractivity contribution in [2.75, 3.05) is 5.32 Å². The number of carbonyl (C=O) groups excluding carboxylic acids is 1. The molecule has 0 spiro atoms. The van der Waals surface area contributed by atoms with Crippen molar-refractivity contribution in [1.82, 2.24) is 0 Å². The Bertz CT molecular complexity index is 431. The fourth-order valence-electron chi connectivity index (χ4n) is 1.06. The topological polar surface area (TPSA) is 52.9 Å². The van der Waals surface area contributed by atoms with Crippen LogP contribution in [0, 0.1) is 25.2 Å². The highest BCUT2D eigenvalue weighted by Gasteiger charge is 2.16. The second kappa shape index (κ2) is 4.77. The summed E-state index contributed by atoms with van der Waals surface area (Å²) in [5.41, 5.74) is 1.51. The second-order valence-corrected chi connectivity index (χ2v) is 5.80. The van der Waals surface area contributed by atoms with Gasteiger partial charge in [0.15, 0.2) is 0 Å². The Morgan fingerprint density at radius 3 is 2.67 bits per heavy atom. The van der Waals surface area contributed by atoms with Crippen LogP contribution in [0.1, 0.15) is 22.9 Å². The number of nitriles is 1. The molecule has 0 aliphatic carbocycles. The van der Waals surface area contributed by atoms with E-state index in [2.05, 4.69) is 27.3 Å². The number of halogens is 1. The summed E-state index contributed by atoms with van der Waals surface area (Å²) in [7, 11) is 0. The van der Waals surface area contributed by atoms with E-state index in [4.69, 9.17) is 5.26 Å². The lowest BCUT2D eigenvalue weighted by molar-refractivity contribution is -0.115. The first kappa shape index (κ1) is 12.2. The lowest BCUT2D eigenvalue weighted by Crippen LogP contribution is -2.19. The molecule has 0 aliphatic rings. The van der Waals surface area contributed by atoms with Crippen molar-refractivity contribution in [2.45, 2.75) is 25.6 Å². The summed E-state index contributed by atoms with van der Waals surface area (Å²) in [6.45, 7) is 5.57. The van der Waals surface area contributed by atoms with E-state index in [9.17, 15) is 4.79 Å². The molecule has 1 atom stereocenters. The monoisotopic (exact) mass is 286 g/mol. The Hall–Kier alpha value is -0.860. The lowest BCUT2D eigenvalue weighted by Gasteiger charge is -2.04. The van der Waals surface area contributed by atoms with Gasteiger partial charge in [0.1, 0.15) is 11.1 Å². The maximum atomic E-state index is 11.4. The summed E-state index contributed by atoms with van der Waals surface area (Å²) < 4.78 is 0. The number of hydrogen-bond donors (Lipinski definition) is 1. The average molecular weight is 287 g/mol. The maximum Gasteiger partial charge on any atom is 0.238 e. The zero-order chi connectivity index (χ0) is 11.6. The van der Waals surface area contributed by atoms with Gasteiger partial charge in [0, 0.05) is 4.88 Å². The summed E-state index contributed by atoms with van der Waals surface area (Å²) >= 11 is 4.61. The van der Waals surface area contributed by atoms with Gasteiger partial charge >= 0.3 is 0 Å². The molecular formula is C10H11BrN2OS. The van der Waals surface area contributed by atoms with Gasteiger partial charge < -0.3 is 5.32 Å². The van der Waals surface area contributed by atoms with E-state index in [-0.39, 0.29) is 10.7 Å². The van der Waals surface area contributed by atoms with Gasteiger partial charge in [-0.1, -0.05) is 15.9 Å². The number of nitrogens with one attached hydrogen (secondary N) is 1. The van der Waals surface area contributed by atoms with Crippen LogP contribution in [0.4, 0.5) is 5.00 Å². The molecule has 1 aromatic heterocycles. The van der Waals surface area contributed by atoms with Crippen molar-refractivity contribution in [2.24, 2.45) is 0 Å². The van der Waals surface area contributed by atoms with E-state index < -0.39 is 0 Å². The molecule has 1 heterocycles. The first-order valence-electron chi connectivity index (χ1n) is 4.42. The molecule has 0 bridgehead atoms. The summed E-state index contributed by atoms with van der Waals surface area (Å²) in [6.07, 6.45) is 0. The Kier molecular flexibility index (Phi) is 3.89. The van der Waals surface area contributed by atoms with Gasteiger partial charge in [0.2, 0.25) is 5.91 Å². The molecule has 5 heteroatoms. The van der Waals surface area contributed by atoms with Gasteiger partial charge in [-0.25, -0.2) is 0 Å². The van der Waals surface area contributed by atoms with E-state index >= 15 is 0 Å². The Labute approximate surface area is 101 Å². The first-order valence-corrected chi connectivity index (χ1v) is 6.15. The van der Waals surface area contributed by atoms with Crippen LogP contribution in [0.15, 0.2) is 0 Å². The molecule has 0 saturated heterocycles. The molecule has 0 saturated carbocycles. The number of nitrogens with zero attached hydrogens (tertiary/aromatic N) is 1. The van der Waals surface area contributed by atoms with Crippen molar-refractivity contribution in [1.29, 1.82) is 5.26 Å². The molecule has 1 rings (SSSR count). The van der Waals surface area contributed by atoms with E-state index in [1.54, 1.807) is 6.92 Å². The van der Waals surface area contributed by atoms with Crippen molar-refractivity contribution in [3.05, 3.63) is 16.0 Å². The highest BCUT2D eigenvalue weighted by Crippen LogP contribution is 2.31.